The lowest BCUT2D eigenvalue weighted by atomic mass is 10.2. The quantitative estimate of drug-likeness (QED) is 0.430. The molecule has 8 nitrogen and oxygen atoms in total. The molecule has 0 bridgehead atoms. The molecule has 1 fully saturated rings. The van der Waals surface area contributed by atoms with Gasteiger partial charge in [0.15, 0.2) is 15.9 Å². The van der Waals surface area contributed by atoms with E-state index in [4.69, 9.17) is 0 Å². The second-order valence-electron chi connectivity index (χ2n) is 7.13. The standard InChI is InChI=1S/C20H15N7OS2/c28-18(11-1-2-11)24-19-23-15-5-4-14(7-16(15)30-19)29-20-26-25-17-6-3-12(10-27(17)20)13-8-21-22-9-13/h3-11H,1-2H2,(H,21,22)(H,23,24,28). The molecule has 1 saturated carbocycles. The van der Waals surface area contributed by atoms with Gasteiger partial charge in [0.05, 0.1) is 16.4 Å². The molecule has 148 valence electrons. The van der Waals surface area contributed by atoms with Crippen molar-refractivity contribution in [2.24, 2.45) is 5.92 Å². The molecule has 4 heterocycles. The molecule has 0 spiro atoms. The van der Waals surface area contributed by atoms with Crippen molar-refractivity contribution in [3.8, 4) is 11.1 Å². The average molecular weight is 434 g/mol. The summed E-state index contributed by atoms with van der Waals surface area (Å²) in [7, 11) is 0. The maximum Gasteiger partial charge on any atom is 0.229 e. The maximum atomic E-state index is 12.0. The number of hydrogen-bond acceptors (Lipinski definition) is 7. The second-order valence-corrected chi connectivity index (χ2v) is 9.20. The summed E-state index contributed by atoms with van der Waals surface area (Å²) in [6, 6.07) is 10.0. The molecule has 10 heteroatoms. The number of H-pyrrole nitrogens is 1. The molecule has 0 atom stereocenters. The average Bonchev–Trinajstić information content (AvgIpc) is 3.14. The van der Waals surface area contributed by atoms with Crippen molar-refractivity contribution in [3.05, 3.63) is 48.9 Å². The highest BCUT2D eigenvalue weighted by atomic mass is 32.2. The number of fused-ring (bicyclic) bond motifs is 2. The molecule has 1 aromatic carbocycles. The number of anilines is 1. The van der Waals surface area contributed by atoms with Crippen LogP contribution in [0.5, 0.6) is 0 Å². The summed E-state index contributed by atoms with van der Waals surface area (Å²) in [6.07, 6.45) is 7.61. The number of carbonyl (C=O) groups excluding carboxylic acids is 1. The molecular formula is C20H15N7OS2. The zero-order chi connectivity index (χ0) is 20.1. The van der Waals surface area contributed by atoms with Crippen LogP contribution in [0.25, 0.3) is 27.0 Å². The summed E-state index contributed by atoms with van der Waals surface area (Å²) in [4.78, 5) is 17.6. The van der Waals surface area contributed by atoms with Gasteiger partial charge in [-0.05, 0) is 54.9 Å². The minimum absolute atomic E-state index is 0.0759. The van der Waals surface area contributed by atoms with Crippen LogP contribution in [0.15, 0.2) is 59.0 Å². The van der Waals surface area contributed by atoms with E-state index in [9.17, 15) is 4.79 Å². The highest BCUT2D eigenvalue weighted by molar-refractivity contribution is 7.99. The summed E-state index contributed by atoms with van der Waals surface area (Å²) in [5.74, 6) is 0.239. The van der Waals surface area contributed by atoms with Crippen LogP contribution in [-0.4, -0.2) is 35.7 Å². The molecule has 30 heavy (non-hydrogen) atoms. The summed E-state index contributed by atoms with van der Waals surface area (Å²) in [6.45, 7) is 0. The van der Waals surface area contributed by atoms with E-state index in [0.717, 1.165) is 49.9 Å². The Morgan fingerprint density at radius 3 is 2.97 bits per heavy atom. The van der Waals surface area contributed by atoms with Gasteiger partial charge in [-0.15, -0.1) is 10.2 Å². The zero-order valence-electron chi connectivity index (χ0n) is 15.6. The van der Waals surface area contributed by atoms with Crippen LogP contribution in [0.4, 0.5) is 5.13 Å². The fourth-order valence-electron chi connectivity index (χ4n) is 3.20. The molecule has 0 unspecified atom stereocenters. The Morgan fingerprint density at radius 2 is 2.13 bits per heavy atom. The highest BCUT2D eigenvalue weighted by Crippen LogP contribution is 2.35. The topological polar surface area (TPSA) is 101 Å². The first-order chi connectivity index (χ1) is 14.7. The Bertz CT molecular complexity index is 1390. The fourth-order valence-corrected chi connectivity index (χ4v) is 5.03. The van der Waals surface area contributed by atoms with E-state index in [1.54, 1.807) is 18.0 Å². The Labute approximate surface area is 178 Å². The number of aromatic nitrogens is 6. The number of hydrogen-bond donors (Lipinski definition) is 2. The van der Waals surface area contributed by atoms with Gasteiger partial charge in [0, 0.05) is 34.3 Å². The van der Waals surface area contributed by atoms with Gasteiger partial charge in [-0.3, -0.25) is 14.3 Å². The number of thiazole rings is 1. The van der Waals surface area contributed by atoms with Crippen LogP contribution in [0.2, 0.25) is 0 Å². The van der Waals surface area contributed by atoms with E-state index in [1.165, 1.54) is 11.3 Å². The lowest BCUT2D eigenvalue weighted by Crippen LogP contribution is -2.12. The lowest BCUT2D eigenvalue weighted by molar-refractivity contribution is -0.117. The molecule has 0 radical (unpaired) electrons. The molecule has 1 amide bonds. The van der Waals surface area contributed by atoms with Crippen molar-refractivity contribution in [3.63, 3.8) is 0 Å². The number of benzene rings is 1. The minimum Gasteiger partial charge on any atom is -0.302 e. The van der Waals surface area contributed by atoms with Crippen molar-refractivity contribution in [1.29, 1.82) is 0 Å². The van der Waals surface area contributed by atoms with Gasteiger partial charge in [-0.2, -0.15) is 5.10 Å². The fraction of sp³-hybridized carbons (Fsp3) is 0.150. The van der Waals surface area contributed by atoms with Crippen LogP contribution >= 0.6 is 23.1 Å². The predicted molar refractivity (Wildman–Crippen MR) is 116 cm³/mol. The van der Waals surface area contributed by atoms with Gasteiger partial charge in [0.25, 0.3) is 0 Å². The Kier molecular flexibility index (Phi) is 4.06. The van der Waals surface area contributed by atoms with Gasteiger partial charge in [-0.25, -0.2) is 4.98 Å². The Morgan fingerprint density at radius 1 is 1.20 bits per heavy atom. The third kappa shape index (κ3) is 3.23. The number of pyridine rings is 1. The van der Waals surface area contributed by atoms with E-state index in [2.05, 4.69) is 36.8 Å². The van der Waals surface area contributed by atoms with E-state index in [1.807, 2.05) is 41.1 Å². The molecule has 4 aromatic heterocycles. The number of rotatable bonds is 5. The third-order valence-electron chi connectivity index (χ3n) is 4.95. The van der Waals surface area contributed by atoms with Crippen molar-refractivity contribution in [2.75, 3.05) is 5.32 Å². The normalized spacial score (nSPS) is 13.9. The first-order valence-corrected chi connectivity index (χ1v) is 11.1. The summed E-state index contributed by atoms with van der Waals surface area (Å²) in [5, 5.41) is 19.8. The van der Waals surface area contributed by atoms with Gasteiger partial charge < -0.3 is 5.32 Å². The first kappa shape index (κ1) is 17.6. The van der Waals surface area contributed by atoms with E-state index in [-0.39, 0.29) is 11.8 Å². The molecular weight excluding hydrogens is 418 g/mol. The van der Waals surface area contributed by atoms with Crippen LogP contribution < -0.4 is 5.32 Å². The molecule has 6 rings (SSSR count). The maximum absolute atomic E-state index is 12.0. The molecule has 0 saturated heterocycles. The zero-order valence-corrected chi connectivity index (χ0v) is 17.2. The number of nitrogens with one attached hydrogen (secondary N) is 2. The summed E-state index contributed by atoms with van der Waals surface area (Å²) in [5.41, 5.74) is 3.71. The highest BCUT2D eigenvalue weighted by Gasteiger charge is 2.30. The van der Waals surface area contributed by atoms with Gasteiger partial charge in [-0.1, -0.05) is 11.3 Å². The van der Waals surface area contributed by atoms with E-state index >= 15 is 0 Å². The molecule has 1 aliphatic rings. The van der Waals surface area contributed by atoms with Crippen LogP contribution in [-0.2, 0) is 4.79 Å². The second kappa shape index (κ2) is 6.92. The van der Waals surface area contributed by atoms with Crippen molar-refractivity contribution >= 4 is 50.0 Å². The summed E-state index contributed by atoms with van der Waals surface area (Å²) < 4.78 is 3.00. The van der Waals surface area contributed by atoms with Gasteiger partial charge in [0.2, 0.25) is 5.91 Å². The largest absolute Gasteiger partial charge is 0.302 e. The molecule has 5 aromatic rings. The van der Waals surface area contributed by atoms with Crippen LogP contribution in [0, 0.1) is 5.92 Å². The summed E-state index contributed by atoms with van der Waals surface area (Å²) >= 11 is 3.03. The molecule has 2 N–H and O–H groups in total. The van der Waals surface area contributed by atoms with Crippen molar-refractivity contribution in [2.45, 2.75) is 22.9 Å². The van der Waals surface area contributed by atoms with Crippen LogP contribution in [0.1, 0.15) is 12.8 Å². The van der Waals surface area contributed by atoms with E-state index in [0.29, 0.717) is 5.13 Å². The predicted octanol–water partition coefficient (Wildman–Crippen LogP) is 4.23. The number of amides is 1. The van der Waals surface area contributed by atoms with Gasteiger partial charge in [0.1, 0.15) is 0 Å². The first-order valence-electron chi connectivity index (χ1n) is 9.46. The number of aromatic amines is 1. The Balaban J connectivity index is 1.29. The van der Waals surface area contributed by atoms with Crippen molar-refractivity contribution in [1.82, 2.24) is 29.8 Å². The van der Waals surface area contributed by atoms with Gasteiger partial charge >= 0.3 is 0 Å². The number of carbonyl (C=O) groups is 1. The SMILES string of the molecule is O=C(Nc1nc2ccc(Sc3nnc4ccc(-c5cn[nH]c5)cn34)cc2s1)C1CC1. The monoisotopic (exact) mass is 433 g/mol. The minimum atomic E-state index is 0.0759. The smallest absolute Gasteiger partial charge is 0.229 e. The third-order valence-corrected chi connectivity index (χ3v) is 6.83. The lowest BCUT2D eigenvalue weighted by Gasteiger charge is -2.02. The molecule has 0 aliphatic heterocycles. The Hall–Kier alpha value is -3.24. The van der Waals surface area contributed by atoms with E-state index < -0.39 is 0 Å². The molecule has 1 aliphatic carbocycles. The number of nitrogens with zero attached hydrogens (tertiary/aromatic N) is 5. The van der Waals surface area contributed by atoms with Crippen LogP contribution in [0.3, 0.4) is 0 Å². The van der Waals surface area contributed by atoms with Crippen molar-refractivity contribution < 1.29 is 4.79 Å².